The fraction of sp³-hybridized carbons (Fsp3) is 0. The lowest BCUT2D eigenvalue weighted by Crippen LogP contribution is -1.64. The number of thiophene rings is 2. The molecule has 20 heavy (non-hydrogen) atoms. The predicted octanol–water partition coefficient (Wildman–Crippen LogP) is 6.41. The van der Waals surface area contributed by atoms with Gasteiger partial charge in [0.15, 0.2) is 0 Å². The van der Waals surface area contributed by atoms with Crippen molar-refractivity contribution >= 4 is 55.7 Å². The van der Waals surface area contributed by atoms with Gasteiger partial charge in [0.2, 0.25) is 0 Å². The molecule has 5 heteroatoms. The molecule has 98 valence electrons. The fourth-order valence-corrected chi connectivity index (χ4v) is 5.19. The Kier molecular flexibility index (Phi) is 3.11. The number of fused-ring (bicyclic) bond motifs is 1. The molecule has 0 unspecified atom stereocenters. The molecule has 0 spiro atoms. The predicted molar refractivity (Wildman–Crippen MR) is 91.3 cm³/mol. The molecular formula is C15H8ClNS3. The van der Waals surface area contributed by atoms with Crippen LogP contribution in [0.25, 0.3) is 29.7 Å². The Morgan fingerprint density at radius 3 is 2.55 bits per heavy atom. The molecule has 0 atom stereocenters. The Balaban J connectivity index is 1.77. The number of thiazole rings is 1. The first-order valence-electron chi connectivity index (χ1n) is 6.00. The quantitative estimate of drug-likeness (QED) is 0.413. The van der Waals surface area contributed by atoms with Crippen molar-refractivity contribution < 1.29 is 0 Å². The van der Waals surface area contributed by atoms with Crippen molar-refractivity contribution in [3.63, 3.8) is 0 Å². The normalized spacial score (nSPS) is 11.2. The Morgan fingerprint density at radius 2 is 1.75 bits per heavy atom. The van der Waals surface area contributed by atoms with Gasteiger partial charge in [-0.3, -0.25) is 0 Å². The van der Waals surface area contributed by atoms with Gasteiger partial charge in [0.1, 0.15) is 5.01 Å². The summed E-state index contributed by atoms with van der Waals surface area (Å²) < 4.78 is 2.12. The lowest BCUT2D eigenvalue weighted by molar-refractivity contribution is 1.43. The molecule has 0 radical (unpaired) electrons. The summed E-state index contributed by atoms with van der Waals surface area (Å²) in [5.74, 6) is 0. The maximum absolute atomic E-state index is 5.99. The van der Waals surface area contributed by atoms with Gasteiger partial charge in [-0.05, 0) is 29.7 Å². The van der Waals surface area contributed by atoms with E-state index in [9.17, 15) is 0 Å². The van der Waals surface area contributed by atoms with E-state index in [-0.39, 0.29) is 0 Å². The number of halogens is 1. The van der Waals surface area contributed by atoms with Crippen LogP contribution in [0.15, 0.2) is 48.7 Å². The molecule has 1 aromatic carbocycles. The third kappa shape index (κ3) is 2.19. The van der Waals surface area contributed by atoms with Gasteiger partial charge in [-0.1, -0.05) is 29.8 Å². The maximum Gasteiger partial charge on any atom is 0.133 e. The largest absolute Gasteiger partial charge is 0.243 e. The van der Waals surface area contributed by atoms with Crippen molar-refractivity contribution in [2.75, 3.05) is 0 Å². The van der Waals surface area contributed by atoms with Crippen molar-refractivity contribution in [1.82, 2.24) is 4.98 Å². The van der Waals surface area contributed by atoms with Gasteiger partial charge in [0, 0.05) is 15.8 Å². The Hall–Kier alpha value is -1.20. The average Bonchev–Trinajstić information content (AvgIpc) is 3.16. The van der Waals surface area contributed by atoms with E-state index < -0.39 is 0 Å². The summed E-state index contributed by atoms with van der Waals surface area (Å²) in [5.41, 5.74) is 0. The molecule has 0 aliphatic heterocycles. The Labute approximate surface area is 133 Å². The number of hydrogen-bond donors (Lipinski definition) is 0. The second-order valence-corrected chi connectivity index (χ2v) is 8.11. The summed E-state index contributed by atoms with van der Waals surface area (Å²) in [4.78, 5) is 8.14. The highest BCUT2D eigenvalue weighted by atomic mass is 35.5. The van der Waals surface area contributed by atoms with E-state index in [0.29, 0.717) is 0 Å². The molecule has 1 nitrogen and oxygen atoms in total. The first-order chi connectivity index (χ1) is 9.79. The number of nitrogens with zero attached hydrogens (tertiary/aromatic N) is 1. The number of hydrogen-bond acceptors (Lipinski definition) is 4. The van der Waals surface area contributed by atoms with E-state index >= 15 is 0 Å². The van der Waals surface area contributed by atoms with Crippen molar-refractivity contribution in [3.8, 4) is 19.6 Å². The van der Waals surface area contributed by atoms with Crippen LogP contribution in [-0.2, 0) is 0 Å². The van der Waals surface area contributed by atoms with E-state index in [1.165, 1.54) is 24.7 Å². The molecule has 0 N–H and O–H groups in total. The smallest absolute Gasteiger partial charge is 0.133 e. The van der Waals surface area contributed by atoms with E-state index in [1.54, 1.807) is 34.0 Å². The Morgan fingerprint density at radius 1 is 0.850 bits per heavy atom. The summed E-state index contributed by atoms with van der Waals surface area (Å²) in [7, 11) is 0. The van der Waals surface area contributed by atoms with Gasteiger partial charge in [0.25, 0.3) is 0 Å². The molecular weight excluding hydrogens is 326 g/mol. The highest BCUT2D eigenvalue weighted by molar-refractivity contribution is 7.28. The van der Waals surface area contributed by atoms with Crippen LogP contribution in [0, 0.1) is 0 Å². The first kappa shape index (κ1) is 12.5. The van der Waals surface area contributed by atoms with E-state index in [0.717, 1.165) is 9.34 Å². The van der Waals surface area contributed by atoms with Crippen molar-refractivity contribution in [2.45, 2.75) is 0 Å². The molecule has 0 saturated heterocycles. The highest BCUT2D eigenvalue weighted by Gasteiger charge is 2.11. The van der Waals surface area contributed by atoms with Gasteiger partial charge < -0.3 is 0 Å². The summed E-state index contributed by atoms with van der Waals surface area (Å²) in [6, 6.07) is 14.6. The SMILES string of the molecule is Clc1ccc(-c2cnc(-c3cc4ccccc4s3)s2)s1. The number of aromatic nitrogens is 1. The van der Waals surface area contributed by atoms with Gasteiger partial charge in [-0.25, -0.2) is 4.98 Å². The second kappa shape index (κ2) is 4.97. The highest BCUT2D eigenvalue weighted by Crippen LogP contribution is 2.40. The van der Waals surface area contributed by atoms with Crippen LogP contribution >= 0.6 is 45.6 Å². The van der Waals surface area contributed by atoms with Crippen molar-refractivity contribution in [2.24, 2.45) is 0 Å². The minimum atomic E-state index is 0.816. The van der Waals surface area contributed by atoms with Crippen LogP contribution in [0.1, 0.15) is 0 Å². The molecule has 4 rings (SSSR count). The zero-order valence-electron chi connectivity index (χ0n) is 10.2. The number of benzene rings is 1. The van der Waals surface area contributed by atoms with Crippen LogP contribution in [-0.4, -0.2) is 4.98 Å². The standard InChI is InChI=1S/C15H8ClNS3/c16-14-6-5-11(19-14)13-8-17-15(20-13)12-7-9-3-1-2-4-10(9)18-12/h1-8H. The molecule has 0 saturated carbocycles. The van der Waals surface area contributed by atoms with Crippen LogP contribution in [0.3, 0.4) is 0 Å². The summed E-state index contributed by atoms with van der Waals surface area (Å²) in [5, 5.41) is 2.36. The molecule has 4 aromatic rings. The van der Waals surface area contributed by atoms with Crippen LogP contribution < -0.4 is 0 Å². The minimum absolute atomic E-state index is 0.816. The second-order valence-electron chi connectivity index (χ2n) is 4.28. The molecule has 0 amide bonds. The molecule has 3 heterocycles. The first-order valence-corrected chi connectivity index (χ1v) is 8.83. The molecule has 0 bridgehead atoms. The van der Waals surface area contributed by atoms with Crippen molar-refractivity contribution in [3.05, 3.63) is 53.0 Å². The van der Waals surface area contributed by atoms with Gasteiger partial charge in [-0.2, -0.15) is 0 Å². The van der Waals surface area contributed by atoms with E-state index in [1.807, 2.05) is 12.3 Å². The molecule has 0 fully saturated rings. The van der Waals surface area contributed by atoms with Gasteiger partial charge in [0.05, 0.1) is 14.1 Å². The lowest BCUT2D eigenvalue weighted by Gasteiger charge is -1.87. The van der Waals surface area contributed by atoms with E-state index in [2.05, 4.69) is 41.4 Å². The molecule has 0 aliphatic rings. The van der Waals surface area contributed by atoms with Gasteiger partial charge in [-0.15, -0.1) is 34.0 Å². The third-order valence-corrected chi connectivity index (χ3v) is 6.67. The van der Waals surface area contributed by atoms with Crippen LogP contribution in [0.5, 0.6) is 0 Å². The zero-order chi connectivity index (χ0) is 13.5. The van der Waals surface area contributed by atoms with Gasteiger partial charge >= 0.3 is 0 Å². The maximum atomic E-state index is 5.99. The number of rotatable bonds is 2. The minimum Gasteiger partial charge on any atom is -0.243 e. The zero-order valence-corrected chi connectivity index (χ0v) is 13.4. The topological polar surface area (TPSA) is 12.9 Å². The summed E-state index contributed by atoms with van der Waals surface area (Å²) in [6.07, 6.45) is 1.94. The van der Waals surface area contributed by atoms with Crippen molar-refractivity contribution in [1.29, 1.82) is 0 Å². The van der Waals surface area contributed by atoms with E-state index in [4.69, 9.17) is 11.6 Å². The summed E-state index contributed by atoms with van der Waals surface area (Å²) >= 11 is 11.1. The fourth-order valence-electron chi connectivity index (χ4n) is 2.04. The van der Waals surface area contributed by atoms with Crippen LogP contribution in [0.4, 0.5) is 0 Å². The molecule has 3 aromatic heterocycles. The molecule has 0 aliphatic carbocycles. The Bertz CT molecular complexity index is 854. The average molecular weight is 334 g/mol. The lowest BCUT2D eigenvalue weighted by atomic mass is 10.2. The summed E-state index contributed by atoms with van der Waals surface area (Å²) in [6.45, 7) is 0. The van der Waals surface area contributed by atoms with Crippen LogP contribution in [0.2, 0.25) is 4.34 Å². The monoisotopic (exact) mass is 333 g/mol. The third-order valence-electron chi connectivity index (χ3n) is 2.96.